The van der Waals surface area contributed by atoms with Crippen LogP contribution in [-0.2, 0) is 6.42 Å². The third-order valence-corrected chi connectivity index (χ3v) is 2.47. The van der Waals surface area contributed by atoms with Crippen molar-refractivity contribution in [3.63, 3.8) is 0 Å². The summed E-state index contributed by atoms with van der Waals surface area (Å²) in [5.41, 5.74) is -0.0332. The molecule has 2 nitrogen and oxygen atoms in total. The quantitative estimate of drug-likeness (QED) is 0.756. The number of furan rings is 1. The summed E-state index contributed by atoms with van der Waals surface area (Å²) < 4.78 is 19.1. The molecule has 1 saturated heterocycles. The zero-order chi connectivity index (χ0) is 9.31. The Hall–Kier alpha value is -0.830. The molecule has 1 aromatic heterocycles. The minimum atomic E-state index is -1.09. The fraction of sp³-hybridized carbons (Fsp3) is 0.600. The molecule has 1 aliphatic rings. The average Bonchev–Trinajstić information content (AvgIpc) is 2.62. The highest BCUT2D eigenvalue weighted by Crippen LogP contribution is 2.25. The topological polar surface area (TPSA) is 25.2 Å². The molecule has 1 aliphatic heterocycles. The highest BCUT2D eigenvalue weighted by atomic mass is 19.1. The van der Waals surface area contributed by atoms with E-state index in [1.165, 1.54) is 0 Å². The van der Waals surface area contributed by atoms with Crippen LogP contribution in [0.2, 0.25) is 0 Å². The van der Waals surface area contributed by atoms with Gasteiger partial charge < -0.3 is 9.73 Å². The predicted molar refractivity (Wildman–Crippen MR) is 48.5 cm³/mol. The summed E-state index contributed by atoms with van der Waals surface area (Å²) in [4.78, 5) is 0. The molecule has 72 valence electrons. The molecule has 3 heteroatoms. The molecule has 1 fully saturated rings. The van der Waals surface area contributed by atoms with E-state index in [0.717, 1.165) is 17.9 Å². The van der Waals surface area contributed by atoms with Gasteiger partial charge in [-0.3, -0.25) is 0 Å². The Morgan fingerprint density at radius 1 is 1.69 bits per heavy atom. The van der Waals surface area contributed by atoms with Crippen molar-refractivity contribution in [2.75, 3.05) is 13.1 Å². The smallest absolute Gasteiger partial charge is 0.131 e. The van der Waals surface area contributed by atoms with Crippen LogP contribution >= 0.6 is 0 Å². The third kappa shape index (κ3) is 1.91. The minimum Gasteiger partial charge on any atom is -0.469 e. The molecule has 0 bridgehead atoms. The minimum absolute atomic E-state index is 0.397. The lowest BCUT2D eigenvalue weighted by Gasteiger charge is -2.15. The van der Waals surface area contributed by atoms with Crippen LogP contribution in [0.1, 0.15) is 17.7 Å². The monoisotopic (exact) mass is 183 g/mol. The molecular formula is C10H14FNO. The summed E-state index contributed by atoms with van der Waals surface area (Å²) in [5, 5.41) is 3.02. The molecule has 1 aromatic rings. The van der Waals surface area contributed by atoms with Gasteiger partial charge in [-0.15, -0.1) is 0 Å². The maximum absolute atomic E-state index is 13.9. The molecule has 1 unspecified atom stereocenters. The van der Waals surface area contributed by atoms with Crippen LogP contribution in [0.5, 0.6) is 0 Å². The Labute approximate surface area is 77.1 Å². The molecule has 13 heavy (non-hydrogen) atoms. The van der Waals surface area contributed by atoms with Gasteiger partial charge in [0.15, 0.2) is 0 Å². The van der Waals surface area contributed by atoms with Crippen LogP contribution in [0.3, 0.4) is 0 Å². The largest absolute Gasteiger partial charge is 0.469 e. The molecule has 1 atom stereocenters. The highest BCUT2D eigenvalue weighted by molar-refractivity contribution is 5.13. The Balaban J connectivity index is 2.04. The van der Waals surface area contributed by atoms with Crippen molar-refractivity contribution in [2.45, 2.75) is 25.4 Å². The SMILES string of the molecule is Cc1coc(CC2(F)CCNC2)c1. The molecule has 0 aliphatic carbocycles. The molecule has 0 radical (unpaired) electrons. The van der Waals surface area contributed by atoms with Crippen molar-refractivity contribution in [3.05, 3.63) is 23.7 Å². The van der Waals surface area contributed by atoms with E-state index in [-0.39, 0.29) is 0 Å². The van der Waals surface area contributed by atoms with Gasteiger partial charge in [0.1, 0.15) is 11.4 Å². The van der Waals surface area contributed by atoms with Gasteiger partial charge in [0.2, 0.25) is 0 Å². The second-order valence-corrected chi connectivity index (χ2v) is 3.84. The summed E-state index contributed by atoms with van der Waals surface area (Å²) >= 11 is 0. The number of aryl methyl sites for hydroxylation is 1. The Kier molecular flexibility index (Phi) is 2.12. The number of alkyl halides is 1. The van der Waals surface area contributed by atoms with Gasteiger partial charge in [-0.2, -0.15) is 0 Å². The van der Waals surface area contributed by atoms with Gasteiger partial charge in [-0.1, -0.05) is 0 Å². The van der Waals surface area contributed by atoms with Crippen molar-refractivity contribution >= 4 is 0 Å². The zero-order valence-electron chi connectivity index (χ0n) is 7.77. The van der Waals surface area contributed by atoms with Gasteiger partial charge >= 0.3 is 0 Å². The maximum Gasteiger partial charge on any atom is 0.131 e. The van der Waals surface area contributed by atoms with E-state index in [4.69, 9.17) is 4.42 Å². The molecular weight excluding hydrogens is 169 g/mol. The molecule has 0 spiro atoms. The van der Waals surface area contributed by atoms with Crippen molar-refractivity contribution < 1.29 is 8.81 Å². The second-order valence-electron chi connectivity index (χ2n) is 3.84. The van der Waals surface area contributed by atoms with Gasteiger partial charge in [0.05, 0.1) is 6.26 Å². The standard InChI is InChI=1S/C10H14FNO/c1-8-4-9(13-6-8)5-10(11)2-3-12-7-10/h4,6,12H,2-3,5,7H2,1H3. The van der Waals surface area contributed by atoms with Crippen LogP contribution in [0, 0.1) is 6.92 Å². The maximum atomic E-state index is 13.9. The third-order valence-electron chi connectivity index (χ3n) is 2.47. The van der Waals surface area contributed by atoms with Gasteiger partial charge in [-0.25, -0.2) is 4.39 Å². The van der Waals surface area contributed by atoms with Gasteiger partial charge in [0, 0.05) is 13.0 Å². The Bertz CT molecular complexity index is 289. The fourth-order valence-corrected chi connectivity index (χ4v) is 1.76. The van der Waals surface area contributed by atoms with E-state index in [9.17, 15) is 4.39 Å². The summed E-state index contributed by atoms with van der Waals surface area (Å²) in [6, 6.07) is 1.90. The second kappa shape index (κ2) is 3.14. The molecule has 2 heterocycles. The van der Waals surface area contributed by atoms with E-state index in [0.29, 0.717) is 19.4 Å². The van der Waals surface area contributed by atoms with E-state index in [1.807, 2.05) is 13.0 Å². The lowest BCUT2D eigenvalue weighted by molar-refractivity contribution is 0.180. The van der Waals surface area contributed by atoms with E-state index in [1.54, 1.807) is 6.26 Å². The zero-order valence-corrected chi connectivity index (χ0v) is 7.77. The molecule has 1 N–H and O–H groups in total. The number of nitrogens with one attached hydrogen (secondary N) is 1. The van der Waals surface area contributed by atoms with E-state index >= 15 is 0 Å². The highest BCUT2D eigenvalue weighted by Gasteiger charge is 2.34. The normalized spacial score (nSPS) is 28.2. The fourth-order valence-electron chi connectivity index (χ4n) is 1.76. The summed E-state index contributed by atoms with van der Waals surface area (Å²) in [7, 11) is 0. The van der Waals surface area contributed by atoms with E-state index in [2.05, 4.69) is 5.32 Å². The van der Waals surface area contributed by atoms with Crippen LogP contribution in [0.25, 0.3) is 0 Å². The number of hydrogen-bond acceptors (Lipinski definition) is 2. The van der Waals surface area contributed by atoms with Crippen LogP contribution in [-0.4, -0.2) is 18.8 Å². The lowest BCUT2D eigenvalue weighted by Crippen LogP contribution is -2.28. The van der Waals surface area contributed by atoms with Crippen LogP contribution < -0.4 is 5.32 Å². The first-order valence-electron chi connectivity index (χ1n) is 4.62. The van der Waals surface area contributed by atoms with E-state index < -0.39 is 5.67 Å². The summed E-state index contributed by atoms with van der Waals surface area (Å²) in [5.74, 6) is 0.753. The molecule has 0 aromatic carbocycles. The van der Waals surface area contributed by atoms with Crippen molar-refractivity contribution in [1.82, 2.24) is 5.32 Å². The molecule has 0 amide bonds. The van der Waals surface area contributed by atoms with Gasteiger partial charge in [-0.05, 0) is 31.5 Å². The Morgan fingerprint density at radius 3 is 3.08 bits per heavy atom. The Morgan fingerprint density at radius 2 is 2.54 bits per heavy atom. The average molecular weight is 183 g/mol. The number of rotatable bonds is 2. The number of hydrogen-bond donors (Lipinski definition) is 1. The summed E-state index contributed by atoms with van der Waals surface area (Å²) in [6.45, 7) is 3.17. The van der Waals surface area contributed by atoms with Crippen molar-refractivity contribution in [2.24, 2.45) is 0 Å². The predicted octanol–water partition coefficient (Wildman–Crippen LogP) is 1.83. The first-order valence-corrected chi connectivity index (χ1v) is 4.62. The first-order chi connectivity index (χ1) is 6.18. The molecule has 2 rings (SSSR count). The van der Waals surface area contributed by atoms with Crippen molar-refractivity contribution in [3.8, 4) is 0 Å². The van der Waals surface area contributed by atoms with Crippen LogP contribution in [0.4, 0.5) is 4.39 Å². The van der Waals surface area contributed by atoms with Crippen molar-refractivity contribution in [1.29, 1.82) is 0 Å². The van der Waals surface area contributed by atoms with Crippen LogP contribution in [0.15, 0.2) is 16.7 Å². The number of halogens is 1. The molecule has 0 saturated carbocycles. The lowest BCUT2D eigenvalue weighted by atomic mass is 9.99. The van der Waals surface area contributed by atoms with Gasteiger partial charge in [0.25, 0.3) is 0 Å². The summed E-state index contributed by atoms with van der Waals surface area (Å²) in [6.07, 6.45) is 2.65. The first kappa shape index (κ1) is 8.75.